The molecule has 19 heavy (non-hydrogen) atoms. The molecule has 5 nitrogen and oxygen atoms in total. The molecule has 1 saturated carbocycles. The normalized spacial score (nSPS) is 17.2. The number of nitrogens with zero attached hydrogens (tertiary/aromatic N) is 4. The van der Waals surface area contributed by atoms with Crippen LogP contribution >= 0.6 is 0 Å². The Kier molecular flexibility index (Phi) is 4.91. The van der Waals surface area contributed by atoms with Crippen LogP contribution in [0.2, 0.25) is 0 Å². The Balaban J connectivity index is 1.75. The molecule has 1 heterocycles. The third kappa shape index (κ3) is 4.90. The van der Waals surface area contributed by atoms with Crippen LogP contribution in [0.25, 0.3) is 0 Å². The van der Waals surface area contributed by atoms with Crippen LogP contribution in [0.5, 0.6) is 0 Å². The first-order valence-corrected chi connectivity index (χ1v) is 7.55. The van der Waals surface area contributed by atoms with Crippen molar-refractivity contribution in [3.8, 4) is 0 Å². The summed E-state index contributed by atoms with van der Waals surface area (Å²) in [5, 5.41) is 15.4. The molecule has 0 aliphatic heterocycles. The van der Waals surface area contributed by atoms with Gasteiger partial charge in [0.1, 0.15) is 0 Å². The third-order valence-electron chi connectivity index (χ3n) is 3.84. The van der Waals surface area contributed by atoms with E-state index in [2.05, 4.69) is 41.6 Å². The van der Waals surface area contributed by atoms with Gasteiger partial charge in [-0.15, -0.1) is 5.10 Å². The summed E-state index contributed by atoms with van der Waals surface area (Å²) in [5.41, 5.74) is 0.0978. The molecule has 0 unspecified atom stereocenters. The van der Waals surface area contributed by atoms with Crippen LogP contribution in [0.3, 0.4) is 0 Å². The van der Waals surface area contributed by atoms with E-state index in [9.17, 15) is 0 Å². The van der Waals surface area contributed by atoms with Crippen molar-refractivity contribution >= 4 is 0 Å². The first-order chi connectivity index (χ1) is 9.04. The summed E-state index contributed by atoms with van der Waals surface area (Å²) in [6.07, 6.45) is 8.22. The Morgan fingerprint density at radius 1 is 1.26 bits per heavy atom. The van der Waals surface area contributed by atoms with Crippen LogP contribution in [0.1, 0.15) is 65.1 Å². The lowest BCUT2D eigenvalue weighted by molar-refractivity contribution is 0.398. The zero-order valence-corrected chi connectivity index (χ0v) is 12.5. The number of rotatable bonds is 6. The molecule has 0 atom stereocenters. The monoisotopic (exact) mass is 265 g/mol. The van der Waals surface area contributed by atoms with Crippen LogP contribution < -0.4 is 5.32 Å². The minimum atomic E-state index is 0.0978. The maximum atomic E-state index is 4.11. The van der Waals surface area contributed by atoms with Crippen LogP contribution in [0.4, 0.5) is 0 Å². The van der Waals surface area contributed by atoms with Crippen LogP contribution in [0, 0.1) is 5.92 Å². The van der Waals surface area contributed by atoms with Gasteiger partial charge in [0.05, 0.1) is 6.54 Å². The van der Waals surface area contributed by atoms with E-state index in [1.807, 2.05) is 4.68 Å². The molecule has 108 valence electrons. The lowest BCUT2D eigenvalue weighted by Gasteiger charge is -2.19. The van der Waals surface area contributed by atoms with Crippen LogP contribution in [-0.2, 0) is 13.1 Å². The summed E-state index contributed by atoms with van der Waals surface area (Å²) in [6.45, 7) is 8.15. The molecule has 1 aromatic heterocycles. The molecule has 0 spiro atoms. The van der Waals surface area contributed by atoms with Gasteiger partial charge in [0.2, 0.25) is 0 Å². The molecule has 1 aliphatic rings. The minimum absolute atomic E-state index is 0.0978. The zero-order chi connectivity index (χ0) is 13.7. The highest BCUT2D eigenvalue weighted by molar-refractivity contribution is 4.83. The first-order valence-electron chi connectivity index (χ1n) is 7.55. The lowest BCUT2D eigenvalue weighted by Crippen LogP contribution is -2.36. The molecule has 1 fully saturated rings. The highest BCUT2D eigenvalue weighted by Gasteiger charge is 2.15. The van der Waals surface area contributed by atoms with Crippen LogP contribution in [-0.4, -0.2) is 25.7 Å². The smallest absolute Gasteiger partial charge is 0.165 e. The molecular formula is C14H27N5. The van der Waals surface area contributed by atoms with Crippen LogP contribution in [0.15, 0.2) is 0 Å². The molecule has 5 heteroatoms. The van der Waals surface area contributed by atoms with E-state index in [-0.39, 0.29) is 5.54 Å². The highest BCUT2D eigenvalue weighted by Crippen LogP contribution is 2.28. The number of aromatic nitrogens is 4. The summed E-state index contributed by atoms with van der Waals surface area (Å²) >= 11 is 0. The van der Waals surface area contributed by atoms with Crippen molar-refractivity contribution in [2.75, 3.05) is 0 Å². The lowest BCUT2D eigenvalue weighted by atomic mass is 10.0. The van der Waals surface area contributed by atoms with Crippen molar-refractivity contribution in [2.24, 2.45) is 5.92 Å². The van der Waals surface area contributed by atoms with E-state index >= 15 is 0 Å². The van der Waals surface area contributed by atoms with Crippen molar-refractivity contribution in [1.29, 1.82) is 0 Å². The van der Waals surface area contributed by atoms with Gasteiger partial charge in [-0.05, 0) is 50.0 Å². The zero-order valence-electron chi connectivity index (χ0n) is 12.5. The number of aryl methyl sites for hydroxylation is 1. The predicted octanol–water partition coefficient (Wildman–Crippen LogP) is 2.53. The van der Waals surface area contributed by atoms with Gasteiger partial charge in [-0.1, -0.05) is 25.7 Å². The second-order valence-electron chi connectivity index (χ2n) is 6.71. The van der Waals surface area contributed by atoms with Crippen molar-refractivity contribution in [1.82, 2.24) is 25.5 Å². The maximum absolute atomic E-state index is 4.11. The number of tetrazole rings is 1. The number of hydrogen-bond acceptors (Lipinski definition) is 4. The fourth-order valence-corrected chi connectivity index (χ4v) is 2.70. The topological polar surface area (TPSA) is 55.6 Å². The van der Waals surface area contributed by atoms with E-state index in [0.29, 0.717) is 0 Å². The van der Waals surface area contributed by atoms with Gasteiger partial charge in [-0.2, -0.15) is 0 Å². The standard InChI is InChI=1S/C14H27N5/c1-14(2,3)15-11-13-16-17-18-19(13)10-6-9-12-7-4-5-8-12/h12,15H,4-11H2,1-3H3. The van der Waals surface area contributed by atoms with E-state index in [0.717, 1.165) is 24.8 Å². The van der Waals surface area contributed by atoms with Gasteiger partial charge in [-0.3, -0.25) is 0 Å². The third-order valence-corrected chi connectivity index (χ3v) is 3.84. The second-order valence-corrected chi connectivity index (χ2v) is 6.71. The summed E-state index contributed by atoms with van der Waals surface area (Å²) in [7, 11) is 0. The molecule has 0 bridgehead atoms. The summed E-state index contributed by atoms with van der Waals surface area (Å²) in [5.74, 6) is 1.90. The van der Waals surface area contributed by atoms with Crippen molar-refractivity contribution in [3.63, 3.8) is 0 Å². The molecule has 0 radical (unpaired) electrons. The van der Waals surface area contributed by atoms with Crippen molar-refractivity contribution < 1.29 is 0 Å². The van der Waals surface area contributed by atoms with Gasteiger partial charge in [-0.25, -0.2) is 4.68 Å². The molecule has 2 rings (SSSR count). The predicted molar refractivity (Wildman–Crippen MR) is 75.6 cm³/mol. The molecule has 1 aromatic rings. The molecule has 0 saturated heterocycles. The van der Waals surface area contributed by atoms with E-state index in [1.54, 1.807) is 0 Å². The SMILES string of the molecule is CC(C)(C)NCc1nnnn1CCCC1CCCC1. The van der Waals surface area contributed by atoms with Gasteiger partial charge in [0, 0.05) is 12.1 Å². The van der Waals surface area contributed by atoms with E-state index in [4.69, 9.17) is 0 Å². The van der Waals surface area contributed by atoms with Gasteiger partial charge >= 0.3 is 0 Å². The summed E-state index contributed by atoms with van der Waals surface area (Å²) in [6, 6.07) is 0. The van der Waals surface area contributed by atoms with E-state index in [1.165, 1.54) is 38.5 Å². The number of hydrogen-bond donors (Lipinski definition) is 1. The van der Waals surface area contributed by atoms with Gasteiger partial charge < -0.3 is 5.32 Å². The number of nitrogens with one attached hydrogen (secondary N) is 1. The maximum Gasteiger partial charge on any atom is 0.165 e. The average molecular weight is 265 g/mol. The molecule has 0 aromatic carbocycles. The average Bonchev–Trinajstić information content (AvgIpc) is 2.96. The Morgan fingerprint density at radius 3 is 2.68 bits per heavy atom. The Bertz CT molecular complexity index is 373. The largest absolute Gasteiger partial charge is 0.305 e. The molecular weight excluding hydrogens is 238 g/mol. The first kappa shape index (κ1) is 14.4. The fraction of sp³-hybridized carbons (Fsp3) is 0.929. The Labute approximate surface area is 116 Å². The van der Waals surface area contributed by atoms with Crippen molar-refractivity contribution in [3.05, 3.63) is 5.82 Å². The minimum Gasteiger partial charge on any atom is -0.305 e. The van der Waals surface area contributed by atoms with Crippen molar-refractivity contribution in [2.45, 2.75) is 77.9 Å². The Hall–Kier alpha value is -0.970. The Morgan fingerprint density at radius 2 is 2.00 bits per heavy atom. The van der Waals surface area contributed by atoms with Gasteiger partial charge in [0.15, 0.2) is 5.82 Å². The second kappa shape index (κ2) is 6.46. The molecule has 0 amide bonds. The molecule has 1 N–H and O–H groups in total. The quantitative estimate of drug-likeness (QED) is 0.858. The summed E-state index contributed by atoms with van der Waals surface area (Å²) < 4.78 is 1.95. The summed E-state index contributed by atoms with van der Waals surface area (Å²) in [4.78, 5) is 0. The molecule has 1 aliphatic carbocycles. The highest BCUT2D eigenvalue weighted by atomic mass is 15.5. The van der Waals surface area contributed by atoms with Gasteiger partial charge in [0.25, 0.3) is 0 Å². The fourth-order valence-electron chi connectivity index (χ4n) is 2.70. The van der Waals surface area contributed by atoms with E-state index < -0.39 is 0 Å².